The van der Waals surface area contributed by atoms with Crippen LogP contribution >= 0.6 is 0 Å². The zero-order chi connectivity index (χ0) is 20.9. The molecule has 4 aromatic rings. The third kappa shape index (κ3) is 4.46. The summed E-state index contributed by atoms with van der Waals surface area (Å²) in [4.78, 5) is 23.6. The minimum Gasteiger partial charge on any atom is -0.340 e. The third-order valence-corrected chi connectivity index (χ3v) is 4.49. The summed E-state index contributed by atoms with van der Waals surface area (Å²) in [5.41, 5.74) is 3.60. The van der Waals surface area contributed by atoms with Crippen molar-refractivity contribution in [3.05, 3.63) is 88.6 Å². The maximum Gasteiger partial charge on any atom is 0.269 e. The van der Waals surface area contributed by atoms with E-state index in [9.17, 15) is 10.1 Å². The van der Waals surface area contributed by atoms with Crippen molar-refractivity contribution in [2.24, 2.45) is 0 Å². The summed E-state index contributed by atoms with van der Waals surface area (Å²) in [5, 5.41) is 18.4. The van der Waals surface area contributed by atoms with E-state index >= 15 is 0 Å². The monoisotopic (exact) mass is 401 g/mol. The van der Waals surface area contributed by atoms with Crippen molar-refractivity contribution in [1.82, 2.24) is 24.7 Å². The summed E-state index contributed by atoms with van der Waals surface area (Å²) in [5.74, 6) is 1.18. The van der Waals surface area contributed by atoms with Crippen LogP contribution in [0.1, 0.15) is 18.2 Å². The van der Waals surface area contributed by atoms with E-state index in [4.69, 9.17) is 0 Å². The maximum atomic E-state index is 10.9. The first-order chi connectivity index (χ1) is 14.6. The van der Waals surface area contributed by atoms with Crippen molar-refractivity contribution in [2.45, 2.75) is 19.9 Å². The Balaban J connectivity index is 1.60. The SMILES string of the molecule is CCc1cc(Nc2cccc(Cn3cncn3)c2)nc(-c2ccc([N+](=O)[O-])cc2)n1. The van der Waals surface area contributed by atoms with Crippen molar-refractivity contribution in [3.8, 4) is 11.4 Å². The van der Waals surface area contributed by atoms with Crippen LogP contribution < -0.4 is 5.32 Å². The van der Waals surface area contributed by atoms with Gasteiger partial charge in [-0.1, -0.05) is 19.1 Å². The standard InChI is InChI=1S/C21H19N7O2/c1-2-17-11-20(26-21(25-17)16-6-8-19(9-7-16)28(29)30)24-18-5-3-4-15(10-18)12-27-14-22-13-23-27/h3-11,13-14H,2,12H2,1H3,(H,24,25,26). The van der Waals surface area contributed by atoms with Crippen LogP contribution in [-0.2, 0) is 13.0 Å². The number of rotatable bonds is 7. The molecule has 4 rings (SSSR count). The van der Waals surface area contributed by atoms with Crippen LogP contribution in [0.2, 0.25) is 0 Å². The number of hydrogen-bond donors (Lipinski definition) is 1. The van der Waals surface area contributed by atoms with E-state index in [0.717, 1.165) is 28.9 Å². The molecule has 2 aromatic carbocycles. The molecule has 0 fully saturated rings. The molecule has 0 bridgehead atoms. The first-order valence-corrected chi connectivity index (χ1v) is 9.42. The molecular formula is C21H19N7O2. The highest BCUT2D eigenvalue weighted by molar-refractivity contribution is 5.63. The van der Waals surface area contributed by atoms with Gasteiger partial charge < -0.3 is 5.32 Å². The van der Waals surface area contributed by atoms with Gasteiger partial charge in [0.15, 0.2) is 5.82 Å². The molecule has 0 aliphatic carbocycles. The lowest BCUT2D eigenvalue weighted by Gasteiger charge is -2.11. The van der Waals surface area contributed by atoms with Crippen molar-refractivity contribution in [1.29, 1.82) is 0 Å². The normalized spacial score (nSPS) is 10.7. The zero-order valence-electron chi connectivity index (χ0n) is 16.3. The number of nitro groups is 1. The number of non-ortho nitro benzene ring substituents is 1. The van der Waals surface area contributed by atoms with E-state index < -0.39 is 4.92 Å². The van der Waals surface area contributed by atoms with Crippen molar-refractivity contribution < 1.29 is 4.92 Å². The smallest absolute Gasteiger partial charge is 0.269 e. The van der Waals surface area contributed by atoms with Gasteiger partial charge in [-0.3, -0.25) is 10.1 Å². The fraction of sp³-hybridized carbons (Fsp3) is 0.143. The highest BCUT2D eigenvalue weighted by atomic mass is 16.6. The van der Waals surface area contributed by atoms with E-state index in [2.05, 4.69) is 25.4 Å². The minimum absolute atomic E-state index is 0.0351. The molecule has 0 spiro atoms. The van der Waals surface area contributed by atoms with Gasteiger partial charge in [-0.2, -0.15) is 5.10 Å². The number of benzene rings is 2. The second-order valence-electron chi connectivity index (χ2n) is 6.64. The molecule has 0 saturated heterocycles. The van der Waals surface area contributed by atoms with Crippen LogP contribution in [-0.4, -0.2) is 29.7 Å². The Hall–Kier alpha value is -4.14. The van der Waals surface area contributed by atoms with Gasteiger partial charge in [-0.25, -0.2) is 19.6 Å². The summed E-state index contributed by atoms with van der Waals surface area (Å²) in [7, 11) is 0. The quantitative estimate of drug-likeness (QED) is 0.368. The molecule has 2 heterocycles. The molecule has 2 aromatic heterocycles. The lowest BCUT2D eigenvalue weighted by atomic mass is 10.2. The highest BCUT2D eigenvalue weighted by Gasteiger charge is 2.10. The molecule has 0 aliphatic heterocycles. The molecule has 0 radical (unpaired) electrons. The van der Waals surface area contributed by atoms with Crippen LogP contribution in [0.3, 0.4) is 0 Å². The van der Waals surface area contributed by atoms with E-state index in [1.807, 2.05) is 37.3 Å². The second-order valence-corrected chi connectivity index (χ2v) is 6.64. The fourth-order valence-corrected chi connectivity index (χ4v) is 3.00. The number of anilines is 2. The summed E-state index contributed by atoms with van der Waals surface area (Å²) < 4.78 is 1.76. The van der Waals surface area contributed by atoms with E-state index in [0.29, 0.717) is 18.2 Å². The van der Waals surface area contributed by atoms with Gasteiger partial charge in [0.25, 0.3) is 5.69 Å². The van der Waals surface area contributed by atoms with Gasteiger partial charge >= 0.3 is 0 Å². The summed E-state index contributed by atoms with van der Waals surface area (Å²) >= 11 is 0. The molecule has 150 valence electrons. The van der Waals surface area contributed by atoms with Gasteiger partial charge in [0, 0.05) is 35.1 Å². The lowest BCUT2D eigenvalue weighted by Crippen LogP contribution is -2.03. The Morgan fingerprint density at radius 3 is 2.63 bits per heavy atom. The summed E-state index contributed by atoms with van der Waals surface area (Å²) in [6.07, 6.45) is 3.92. The molecular weight excluding hydrogens is 382 g/mol. The predicted molar refractivity (Wildman–Crippen MR) is 112 cm³/mol. The molecule has 9 nitrogen and oxygen atoms in total. The molecule has 0 saturated carbocycles. The van der Waals surface area contributed by atoms with Crippen LogP contribution in [0.4, 0.5) is 17.2 Å². The van der Waals surface area contributed by atoms with Gasteiger partial charge in [-0.15, -0.1) is 0 Å². The lowest BCUT2D eigenvalue weighted by molar-refractivity contribution is -0.384. The first kappa shape index (κ1) is 19.2. The number of nitrogens with one attached hydrogen (secondary N) is 1. The number of aryl methyl sites for hydroxylation is 1. The second kappa shape index (κ2) is 8.48. The van der Waals surface area contributed by atoms with Crippen LogP contribution in [0.5, 0.6) is 0 Å². The van der Waals surface area contributed by atoms with E-state index in [1.165, 1.54) is 18.5 Å². The Morgan fingerprint density at radius 1 is 1.10 bits per heavy atom. The third-order valence-electron chi connectivity index (χ3n) is 4.49. The highest BCUT2D eigenvalue weighted by Crippen LogP contribution is 2.23. The molecule has 1 N–H and O–H groups in total. The molecule has 0 unspecified atom stereocenters. The maximum absolute atomic E-state index is 10.9. The predicted octanol–water partition coefficient (Wildman–Crippen LogP) is 4.00. The first-order valence-electron chi connectivity index (χ1n) is 9.42. The fourth-order valence-electron chi connectivity index (χ4n) is 3.00. The Labute approximate surface area is 172 Å². The van der Waals surface area contributed by atoms with Crippen LogP contribution in [0, 0.1) is 10.1 Å². The van der Waals surface area contributed by atoms with Gasteiger partial charge in [-0.05, 0) is 36.2 Å². The topological polar surface area (TPSA) is 112 Å². The van der Waals surface area contributed by atoms with Gasteiger partial charge in [0.1, 0.15) is 18.5 Å². The zero-order valence-corrected chi connectivity index (χ0v) is 16.3. The van der Waals surface area contributed by atoms with Gasteiger partial charge in [0.2, 0.25) is 0 Å². The van der Waals surface area contributed by atoms with Crippen molar-refractivity contribution >= 4 is 17.2 Å². The number of nitrogens with zero attached hydrogens (tertiary/aromatic N) is 6. The van der Waals surface area contributed by atoms with Crippen molar-refractivity contribution in [2.75, 3.05) is 5.32 Å². The van der Waals surface area contributed by atoms with E-state index in [1.54, 1.807) is 23.1 Å². The molecule has 0 atom stereocenters. The average molecular weight is 401 g/mol. The molecule has 0 aliphatic rings. The number of hydrogen-bond acceptors (Lipinski definition) is 7. The van der Waals surface area contributed by atoms with Crippen LogP contribution in [0.25, 0.3) is 11.4 Å². The number of nitro benzene ring substituents is 1. The molecule has 0 amide bonds. The molecule has 30 heavy (non-hydrogen) atoms. The Kier molecular flexibility index (Phi) is 5.42. The Bertz CT molecular complexity index is 1160. The summed E-state index contributed by atoms with van der Waals surface area (Å²) in [6, 6.07) is 16.1. The number of aromatic nitrogens is 5. The van der Waals surface area contributed by atoms with Gasteiger partial charge in [0.05, 0.1) is 11.5 Å². The minimum atomic E-state index is -0.424. The van der Waals surface area contributed by atoms with Crippen LogP contribution in [0.15, 0.2) is 67.3 Å². The largest absolute Gasteiger partial charge is 0.340 e. The summed E-state index contributed by atoms with van der Waals surface area (Å²) in [6.45, 7) is 2.64. The average Bonchev–Trinajstić information content (AvgIpc) is 3.27. The van der Waals surface area contributed by atoms with Crippen molar-refractivity contribution in [3.63, 3.8) is 0 Å². The van der Waals surface area contributed by atoms with E-state index in [-0.39, 0.29) is 5.69 Å². The Morgan fingerprint density at radius 2 is 1.93 bits per heavy atom. The molecule has 9 heteroatoms.